The number of unbranched alkanes of at least 4 members (excludes halogenated alkanes) is 1. The van der Waals surface area contributed by atoms with Gasteiger partial charge in [-0.2, -0.15) is 0 Å². The lowest BCUT2D eigenvalue weighted by Crippen LogP contribution is -2.28. The molecule has 1 aromatic rings. The van der Waals surface area contributed by atoms with E-state index in [1.807, 2.05) is 0 Å². The third-order valence-electron chi connectivity index (χ3n) is 2.84. The van der Waals surface area contributed by atoms with E-state index < -0.39 is 22.4 Å². The zero-order valence-corrected chi connectivity index (χ0v) is 12.7. The molecule has 7 heteroatoms. The van der Waals surface area contributed by atoms with Crippen LogP contribution in [-0.4, -0.2) is 31.4 Å². The van der Waals surface area contributed by atoms with Gasteiger partial charge in [-0.3, -0.25) is 0 Å². The summed E-state index contributed by atoms with van der Waals surface area (Å²) < 4.78 is 39.3. The van der Waals surface area contributed by atoms with Crippen molar-refractivity contribution in [3.8, 4) is 0 Å². The normalized spacial score (nSPS) is 11.8. The molecule has 112 valence electrons. The van der Waals surface area contributed by atoms with Crippen molar-refractivity contribution in [2.45, 2.75) is 24.3 Å². The van der Waals surface area contributed by atoms with Crippen molar-refractivity contribution < 1.29 is 17.9 Å². The molecule has 0 amide bonds. The van der Waals surface area contributed by atoms with Gasteiger partial charge < -0.3 is 5.11 Å². The summed E-state index contributed by atoms with van der Waals surface area (Å²) in [6.07, 6.45) is 3.02. The van der Waals surface area contributed by atoms with E-state index in [9.17, 15) is 12.8 Å². The Balaban J connectivity index is 3.09. The molecule has 20 heavy (non-hydrogen) atoms. The highest BCUT2D eigenvalue weighted by Gasteiger charge is 2.23. The monoisotopic (exact) mass is 321 g/mol. The van der Waals surface area contributed by atoms with Crippen molar-refractivity contribution in [1.82, 2.24) is 4.31 Å². The summed E-state index contributed by atoms with van der Waals surface area (Å²) >= 11 is 5.64. The Morgan fingerprint density at radius 1 is 1.50 bits per heavy atom. The fraction of sp³-hybridized carbons (Fsp3) is 0.385. The molecule has 0 aliphatic carbocycles. The molecule has 1 aromatic carbocycles. The predicted octanol–water partition coefficient (Wildman–Crippen LogP) is 2.56. The number of halogens is 2. The van der Waals surface area contributed by atoms with Crippen LogP contribution in [0.4, 0.5) is 4.39 Å². The molecule has 0 bridgehead atoms. The van der Waals surface area contributed by atoms with Crippen LogP contribution in [0, 0.1) is 5.82 Å². The average Bonchev–Trinajstić information content (AvgIpc) is 2.41. The second-order valence-corrected chi connectivity index (χ2v) is 6.72. The third kappa shape index (κ3) is 3.79. The van der Waals surface area contributed by atoms with E-state index in [0.29, 0.717) is 19.4 Å². The predicted molar refractivity (Wildman–Crippen MR) is 76.6 cm³/mol. The second-order valence-electron chi connectivity index (χ2n) is 4.29. The van der Waals surface area contributed by atoms with Crippen LogP contribution >= 0.6 is 11.6 Å². The largest absolute Gasteiger partial charge is 0.392 e. The summed E-state index contributed by atoms with van der Waals surface area (Å²) in [4.78, 5) is -0.218. The Kier molecular flexibility index (Phi) is 6.13. The number of nitrogens with zero attached hydrogens (tertiary/aromatic N) is 1. The number of aliphatic hydroxyl groups excluding tert-OH is 1. The summed E-state index contributed by atoms with van der Waals surface area (Å²) in [7, 11) is -2.38. The highest BCUT2D eigenvalue weighted by Crippen LogP contribution is 2.26. The molecule has 4 nitrogen and oxygen atoms in total. The van der Waals surface area contributed by atoms with E-state index in [-0.39, 0.29) is 15.5 Å². The van der Waals surface area contributed by atoms with Crippen LogP contribution in [0.2, 0.25) is 5.02 Å². The van der Waals surface area contributed by atoms with Gasteiger partial charge in [-0.15, -0.1) is 6.58 Å². The third-order valence-corrected chi connectivity index (χ3v) is 5.09. The van der Waals surface area contributed by atoms with Crippen molar-refractivity contribution in [2.75, 3.05) is 13.6 Å². The standard InChI is InChI=1S/C13H17ClFNO3S/c1-3-4-5-6-16(2)20(18,19)11-7-10(9-17)13(14)12(15)8-11/h3,7-8,17H,1,4-6,9H2,2H3. The quantitative estimate of drug-likeness (QED) is 0.620. The van der Waals surface area contributed by atoms with Crippen LogP contribution in [0.25, 0.3) is 0 Å². The van der Waals surface area contributed by atoms with Crippen LogP contribution in [0.15, 0.2) is 29.7 Å². The number of hydrogen-bond donors (Lipinski definition) is 1. The van der Waals surface area contributed by atoms with E-state index >= 15 is 0 Å². The molecule has 1 rings (SSSR count). The minimum Gasteiger partial charge on any atom is -0.392 e. The van der Waals surface area contributed by atoms with Gasteiger partial charge in [-0.1, -0.05) is 17.7 Å². The van der Waals surface area contributed by atoms with E-state index in [2.05, 4.69) is 6.58 Å². The topological polar surface area (TPSA) is 57.6 Å². The number of sulfonamides is 1. The Morgan fingerprint density at radius 2 is 2.15 bits per heavy atom. The van der Waals surface area contributed by atoms with Crippen molar-refractivity contribution in [3.05, 3.63) is 41.2 Å². The first-order valence-electron chi connectivity index (χ1n) is 6.00. The van der Waals surface area contributed by atoms with Gasteiger partial charge in [0.05, 0.1) is 16.5 Å². The van der Waals surface area contributed by atoms with Gasteiger partial charge in [0, 0.05) is 19.2 Å². The van der Waals surface area contributed by atoms with Crippen LogP contribution in [0.3, 0.4) is 0 Å². The van der Waals surface area contributed by atoms with Crippen LogP contribution in [-0.2, 0) is 16.6 Å². The highest BCUT2D eigenvalue weighted by molar-refractivity contribution is 7.89. The molecule has 0 atom stereocenters. The molecule has 0 fully saturated rings. The summed E-state index contributed by atoms with van der Waals surface area (Å²) in [5.41, 5.74) is 0.0460. The molecule has 0 aliphatic heterocycles. The van der Waals surface area contributed by atoms with Gasteiger partial charge in [0.2, 0.25) is 10.0 Å². The molecule has 0 aliphatic rings. The zero-order valence-electron chi connectivity index (χ0n) is 11.1. The maximum atomic E-state index is 13.6. The van der Waals surface area contributed by atoms with E-state index in [1.165, 1.54) is 13.1 Å². The molecule has 0 heterocycles. The molecule has 0 aromatic heterocycles. The number of hydrogen-bond acceptors (Lipinski definition) is 3. The smallest absolute Gasteiger partial charge is 0.242 e. The minimum atomic E-state index is -3.80. The number of allylic oxidation sites excluding steroid dienone is 1. The second kappa shape index (κ2) is 7.17. The number of aliphatic hydroxyl groups is 1. The van der Waals surface area contributed by atoms with Crippen LogP contribution in [0.1, 0.15) is 18.4 Å². The molecular weight excluding hydrogens is 305 g/mol. The number of benzene rings is 1. The van der Waals surface area contributed by atoms with Crippen molar-refractivity contribution in [1.29, 1.82) is 0 Å². The summed E-state index contributed by atoms with van der Waals surface area (Å²) in [6, 6.07) is 2.05. The maximum Gasteiger partial charge on any atom is 0.242 e. The van der Waals surface area contributed by atoms with Gasteiger partial charge in [-0.25, -0.2) is 17.1 Å². The van der Waals surface area contributed by atoms with Gasteiger partial charge in [-0.05, 0) is 25.0 Å². The molecular formula is C13H17ClFNO3S. The first-order valence-corrected chi connectivity index (χ1v) is 7.82. The molecule has 1 N–H and O–H groups in total. The summed E-state index contributed by atoms with van der Waals surface area (Å²) in [5.74, 6) is -0.865. The van der Waals surface area contributed by atoms with E-state index in [1.54, 1.807) is 6.08 Å². The lowest BCUT2D eigenvalue weighted by atomic mass is 10.2. The Morgan fingerprint density at radius 3 is 2.70 bits per heavy atom. The first-order chi connectivity index (χ1) is 9.34. The maximum absolute atomic E-state index is 13.6. The first kappa shape index (κ1) is 17.1. The molecule has 0 spiro atoms. The minimum absolute atomic E-state index is 0.0460. The molecule has 0 saturated heterocycles. The Hall–Kier alpha value is -0.950. The van der Waals surface area contributed by atoms with Gasteiger partial charge in [0.15, 0.2) is 0 Å². The van der Waals surface area contributed by atoms with Gasteiger partial charge in [0.1, 0.15) is 5.82 Å². The van der Waals surface area contributed by atoms with Crippen molar-refractivity contribution in [3.63, 3.8) is 0 Å². The van der Waals surface area contributed by atoms with E-state index in [0.717, 1.165) is 10.4 Å². The van der Waals surface area contributed by atoms with Gasteiger partial charge in [0.25, 0.3) is 0 Å². The average molecular weight is 322 g/mol. The lowest BCUT2D eigenvalue weighted by Gasteiger charge is -2.17. The summed E-state index contributed by atoms with van der Waals surface area (Å²) in [5, 5.41) is 8.81. The molecule has 0 saturated carbocycles. The van der Waals surface area contributed by atoms with Gasteiger partial charge >= 0.3 is 0 Å². The van der Waals surface area contributed by atoms with Crippen LogP contribution < -0.4 is 0 Å². The lowest BCUT2D eigenvalue weighted by molar-refractivity contribution is 0.281. The Bertz CT molecular complexity index is 590. The Labute approximate surface area is 123 Å². The number of rotatable bonds is 7. The fourth-order valence-corrected chi connectivity index (χ4v) is 3.08. The summed E-state index contributed by atoms with van der Waals surface area (Å²) in [6.45, 7) is 3.33. The zero-order chi connectivity index (χ0) is 15.3. The van der Waals surface area contributed by atoms with Crippen molar-refractivity contribution >= 4 is 21.6 Å². The van der Waals surface area contributed by atoms with E-state index in [4.69, 9.17) is 16.7 Å². The van der Waals surface area contributed by atoms with Crippen molar-refractivity contribution in [2.24, 2.45) is 0 Å². The highest BCUT2D eigenvalue weighted by atomic mass is 35.5. The fourth-order valence-electron chi connectivity index (χ4n) is 1.64. The molecule has 0 radical (unpaired) electrons. The van der Waals surface area contributed by atoms with Crippen LogP contribution in [0.5, 0.6) is 0 Å². The SMILES string of the molecule is C=CCCCN(C)S(=O)(=O)c1cc(F)c(Cl)c(CO)c1. The molecule has 0 unspecified atom stereocenters.